The topological polar surface area (TPSA) is 79.2 Å². The van der Waals surface area contributed by atoms with Crippen LogP contribution >= 0.6 is 0 Å². The van der Waals surface area contributed by atoms with Crippen LogP contribution < -0.4 is 0 Å². The molecule has 20 heavy (non-hydrogen) atoms. The molecule has 5 nitrogen and oxygen atoms in total. The minimum atomic E-state index is -1.11. The molecule has 0 unspecified atom stereocenters. The molecule has 0 amide bonds. The lowest BCUT2D eigenvalue weighted by atomic mass is 9.78. The second-order valence-electron chi connectivity index (χ2n) is 6.71. The fourth-order valence-corrected chi connectivity index (χ4v) is 4.09. The number of hydrogen-bond donors (Lipinski definition) is 3. The van der Waals surface area contributed by atoms with Crippen LogP contribution in [0.2, 0.25) is 0 Å². The monoisotopic (exact) mass is 286 g/mol. The SMILES string of the molecule is OC[C@@]12CO[C@@](C3CCCCCCC3)(O1)[C@@H](O)[C@@H](O)C2. The first-order chi connectivity index (χ1) is 9.62. The van der Waals surface area contributed by atoms with Crippen molar-refractivity contribution in [3.63, 3.8) is 0 Å². The van der Waals surface area contributed by atoms with Crippen LogP contribution in [0.3, 0.4) is 0 Å². The Kier molecular flexibility index (Phi) is 4.08. The van der Waals surface area contributed by atoms with E-state index in [9.17, 15) is 15.3 Å². The highest BCUT2D eigenvalue weighted by molar-refractivity contribution is 5.06. The van der Waals surface area contributed by atoms with Crippen LogP contribution in [-0.4, -0.2) is 52.1 Å². The zero-order valence-corrected chi connectivity index (χ0v) is 12.0. The molecular formula is C15H26O5. The lowest BCUT2D eigenvalue weighted by molar-refractivity contribution is -0.318. The Labute approximate surface area is 119 Å². The maximum atomic E-state index is 10.5. The van der Waals surface area contributed by atoms with E-state index in [4.69, 9.17) is 9.47 Å². The molecule has 3 rings (SSSR count). The van der Waals surface area contributed by atoms with Crippen LogP contribution in [-0.2, 0) is 9.47 Å². The second-order valence-corrected chi connectivity index (χ2v) is 6.71. The van der Waals surface area contributed by atoms with Gasteiger partial charge in [0.25, 0.3) is 0 Å². The van der Waals surface area contributed by atoms with Crippen LogP contribution in [0, 0.1) is 5.92 Å². The second kappa shape index (κ2) is 5.54. The van der Waals surface area contributed by atoms with Gasteiger partial charge in [-0.1, -0.05) is 32.1 Å². The molecule has 116 valence electrons. The van der Waals surface area contributed by atoms with E-state index < -0.39 is 23.6 Å². The van der Waals surface area contributed by atoms with E-state index in [2.05, 4.69) is 0 Å². The standard InChI is InChI=1S/C15H26O5/c16-9-14-8-12(17)13(18)15(20-14,19-10-14)11-6-4-2-1-3-5-7-11/h11-13,16-18H,1-10H2/t12-,13-,14-,15-/m0/s1. The van der Waals surface area contributed by atoms with Crippen molar-refractivity contribution in [1.29, 1.82) is 0 Å². The number of rotatable bonds is 2. The molecule has 0 spiro atoms. The first kappa shape index (κ1) is 14.7. The molecule has 4 atom stereocenters. The summed E-state index contributed by atoms with van der Waals surface area (Å²) in [5.74, 6) is -1.02. The zero-order chi connectivity index (χ0) is 14.2. The minimum absolute atomic E-state index is 0.0983. The molecule has 2 heterocycles. The molecular weight excluding hydrogens is 260 g/mol. The van der Waals surface area contributed by atoms with Crippen molar-refractivity contribution in [3.05, 3.63) is 0 Å². The summed E-state index contributed by atoms with van der Waals surface area (Å²) in [6.45, 7) is 0.0827. The van der Waals surface area contributed by atoms with Gasteiger partial charge in [0, 0.05) is 12.3 Å². The Bertz CT molecular complexity index is 341. The van der Waals surface area contributed by atoms with E-state index in [1.54, 1.807) is 0 Å². The Morgan fingerprint density at radius 2 is 1.65 bits per heavy atom. The third kappa shape index (κ3) is 2.29. The molecule has 1 saturated carbocycles. The number of aliphatic hydroxyl groups is 3. The average Bonchev–Trinajstić information content (AvgIpc) is 2.74. The van der Waals surface area contributed by atoms with Crippen molar-refractivity contribution in [1.82, 2.24) is 0 Å². The van der Waals surface area contributed by atoms with Crippen LogP contribution in [0.15, 0.2) is 0 Å². The van der Waals surface area contributed by atoms with Crippen LogP contribution in [0.4, 0.5) is 0 Å². The number of aliphatic hydroxyl groups excluding tert-OH is 3. The molecule has 0 aromatic heterocycles. The van der Waals surface area contributed by atoms with E-state index in [0.717, 1.165) is 25.7 Å². The fourth-order valence-electron chi connectivity index (χ4n) is 4.09. The quantitative estimate of drug-likeness (QED) is 0.704. The number of fused-ring (bicyclic) bond motifs is 2. The maximum Gasteiger partial charge on any atom is 0.200 e. The molecule has 0 aromatic carbocycles. The summed E-state index contributed by atoms with van der Waals surface area (Å²) in [6.07, 6.45) is 6.12. The first-order valence-corrected chi connectivity index (χ1v) is 7.93. The third-order valence-electron chi connectivity index (χ3n) is 5.26. The summed E-state index contributed by atoms with van der Waals surface area (Å²) in [7, 11) is 0. The van der Waals surface area contributed by atoms with Crippen molar-refractivity contribution in [2.24, 2.45) is 5.92 Å². The third-order valence-corrected chi connectivity index (χ3v) is 5.26. The van der Waals surface area contributed by atoms with Gasteiger partial charge in [-0.15, -0.1) is 0 Å². The van der Waals surface area contributed by atoms with Gasteiger partial charge in [-0.25, -0.2) is 0 Å². The van der Waals surface area contributed by atoms with Gasteiger partial charge in [0.2, 0.25) is 5.79 Å². The average molecular weight is 286 g/mol. The number of ether oxygens (including phenoxy) is 2. The molecule has 1 aliphatic carbocycles. The molecule has 3 N–H and O–H groups in total. The summed E-state index contributed by atoms with van der Waals surface area (Å²) >= 11 is 0. The van der Waals surface area contributed by atoms with Gasteiger partial charge in [0.1, 0.15) is 11.7 Å². The minimum Gasteiger partial charge on any atom is -0.393 e. The van der Waals surface area contributed by atoms with Crippen LogP contribution in [0.25, 0.3) is 0 Å². The molecule has 5 heteroatoms. The van der Waals surface area contributed by atoms with Gasteiger partial charge in [-0.3, -0.25) is 0 Å². The highest BCUT2D eigenvalue weighted by Gasteiger charge is 2.64. The molecule has 3 aliphatic rings. The van der Waals surface area contributed by atoms with Gasteiger partial charge in [-0.2, -0.15) is 0 Å². The Hall–Kier alpha value is -0.200. The summed E-state index contributed by atoms with van der Waals surface area (Å²) in [6, 6.07) is 0. The highest BCUT2D eigenvalue weighted by Crippen LogP contribution is 2.50. The Morgan fingerprint density at radius 3 is 2.30 bits per heavy atom. The maximum absolute atomic E-state index is 10.5. The van der Waals surface area contributed by atoms with Crippen molar-refractivity contribution < 1.29 is 24.8 Å². The van der Waals surface area contributed by atoms with Gasteiger partial charge in [-0.05, 0) is 12.8 Å². The molecule has 2 aliphatic heterocycles. The van der Waals surface area contributed by atoms with E-state index in [1.165, 1.54) is 19.3 Å². The lowest BCUT2D eigenvalue weighted by Crippen LogP contribution is -2.61. The van der Waals surface area contributed by atoms with Crippen molar-refractivity contribution in [2.75, 3.05) is 13.2 Å². The molecule has 0 aromatic rings. The first-order valence-electron chi connectivity index (χ1n) is 7.93. The Balaban J connectivity index is 1.84. The molecule has 3 fully saturated rings. The normalized spacial score (nSPS) is 47.0. The molecule has 2 bridgehead atoms. The summed E-state index contributed by atoms with van der Waals surface area (Å²) in [4.78, 5) is 0. The smallest absolute Gasteiger partial charge is 0.200 e. The zero-order valence-electron chi connectivity index (χ0n) is 12.0. The van der Waals surface area contributed by atoms with Gasteiger partial charge in [0.15, 0.2) is 0 Å². The van der Waals surface area contributed by atoms with E-state index >= 15 is 0 Å². The summed E-state index contributed by atoms with van der Waals surface area (Å²) in [5.41, 5.74) is -0.832. The van der Waals surface area contributed by atoms with Crippen LogP contribution in [0.1, 0.15) is 51.4 Å². The lowest BCUT2D eigenvalue weighted by Gasteiger charge is -2.47. The summed E-state index contributed by atoms with van der Waals surface area (Å²) < 4.78 is 11.9. The predicted molar refractivity (Wildman–Crippen MR) is 72.0 cm³/mol. The van der Waals surface area contributed by atoms with E-state index in [-0.39, 0.29) is 25.6 Å². The molecule has 0 radical (unpaired) electrons. The largest absolute Gasteiger partial charge is 0.393 e. The van der Waals surface area contributed by atoms with Crippen molar-refractivity contribution in [2.45, 2.75) is 75.0 Å². The van der Waals surface area contributed by atoms with E-state index in [0.29, 0.717) is 0 Å². The molecule has 2 saturated heterocycles. The van der Waals surface area contributed by atoms with Crippen molar-refractivity contribution in [3.8, 4) is 0 Å². The van der Waals surface area contributed by atoms with Crippen LogP contribution in [0.5, 0.6) is 0 Å². The van der Waals surface area contributed by atoms with Crippen molar-refractivity contribution >= 4 is 0 Å². The summed E-state index contributed by atoms with van der Waals surface area (Å²) in [5, 5.41) is 30.2. The van der Waals surface area contributed by atoms with Gasteiger partial charge >= 0.3 is 0 Å². The predicted octanol–water partition coefficient (Wildman–Crippen LogP) is 0.947. The highest BCUT2D eigenvalue weighted by atomic mass is 16.8. The van der Waals surface area contributed by atoms with Gasteiger partial charge < -0.3 is 24.8 Å². The van der Waals surface area contributed by atoms with Gasteiger partial charge in [0.05, 0.1) is 19.3 Å². The fraction of sp³-hybridized carbons (Fsp3) is 1.00. The Morgan fingerprint density at radius 1 is 1.00 bits per heavy atom. The van der Waals surface area contributed by atoms with E-state index in [1.807, 2.05) is 0 Å². The number of hydrogen-bond acceptors (Lipinski definition) is 5.